The van der Waals surface area contributed by atoms with Crippen LogP contribution in [0.5, 0.6) is 0 Å². The van der Waals surface area contributed by atoms with Crippen molar-refractivity contribution in [1.29, 1.82) is 0 Å². The summed E-state index contributed by atoms with van der Waals surface area (Å²) >= 11 is 3.49. The molecule has 0 unspecified atom stereocenters. The molecule has 0 aliphatic carbocycles. The van der Waals surface area contributed by atoms with Crippen LogP contribution in [-0.4, -0.2) is 4.98 Å². The minimum Gasteiger partial charge on any atom is -0.257 e. The highest BCUT2D eigenvalue weighted by Crippen LogP contribution is 2.40. The Hall–Kier alpha value is -3.91. The fourth-order valence-electron chi connectivity index (χ4n) is 8.18. The van der Waals surface area contributed by atoms with Gasteiger partial charge in [0.05, 0.1) is 16.8 Å². The van der Waals surface area contributed by atoms with Crippen LogP contribution < -0.4 is 0 Å². The van der Waals surface area contributed by atoms with Crippen molar-refractivity contribution in [3.05, 3.63) is 168 Å². The third-order valence-electron chi connectivity index (χ3n) is 13.5. The Labute approximate surface area is 468 Å². The predicted molar refractivity (Wildman–Crippen MR) is 321 cm³/mol. The molecule has 5 aromatic rings. The topological polar surface area (TPSA) is 12.9 Å². The molecule has 0 saturated heterocycles. The van der Waals surface area contributed by atoms with Gasteiger partial charge in [-0.05, 0) is 166 Å². The fourth-order valence-corrected chi connectivity index (χ4v) is 8.52. The largest absolute Gasteiger partial charge is 0.416 e. The van der Waals surface area contributed by atoms with Crippen molar-refractivity contribution >= 4 is 15.9 Å². The van der Waals surface area contributed by atoms with E-state index in [0.717, 1.165) is 15.9 Å². The first kappa shape index (κ1) is 70.1. The van der Waals surface area contributed by atoms with E-state index < -0.39 is 29.4 Å². The van der Waals surface area contributed by atoms with Crippen molar-refractivity contribution in [2.24, 2.45) is 0 Å². The highest BCUT2D eigenvalue weighted by molar-refractivity contribution is 9.10. The van der Waals surface area contributed by atoms with Crippen LogP contribution in [0.25, 0.3) is 0 Å². The lowest BCUT2D eigenvalue weighted by molar-refractivity contribution is -0.142. The van der Waals surface area contributed by atoms with Gasteiger partial charge < -0.3 is 0 Å². The maximum absolute atomic E-state index is 12.6. The molecule has 0 fully saturated rings. The average Bonchev–Trinajstić information content (AvgIpc) is 3.25. The molecule has 4 aromatic carbocycles. The number of hydrogen-bond acceptors (Lipinski definition) is 1. The molecule has 0 aliphatic heterocycles. The zero-order valence-corrected chi connectivity index (χ0v) is 53.6. The van der Waals surface area contributed by atoms with Gasteiger partial charge in [-0.1, -0.05) is 234 Å². The van der Waals surface area contributed by atoms with Gasteiger partial charge >= 0.3 is 12.4 Å². The van der Waals surface area contributed by atoms with Gasteiger partial charge in [-0.2, -0.15) is 26.3 Å². The Morgan fingerprint density at radius 3 is 1.03 bits per heavy atom. The van der Waals surface area contributed by atoms with E-state index in [-0.39, 0.29) is 32.6 Å². The number of pyridine rings is 1. The smallest absolute Gasteiger partial charge is 0.257 e. The molecule has 8 heteroatoms. The van der Waals surface area contributed by atoms with Crippen LogP contribution in [0, 0.1) is 13.8 Å². The van der Waals surface area contributed by atoms with Crippen LogP contribution in [0.2, 0.25) is 0 Å². The van der Waals surface area contributed by atoms with Crippen LogP contribution in [-0.2, 0) is 39.4 Å². The second-order valence-corrected chi connectivity index (χ2v) is 28.2. The van der Waals surface area contributed by atoms with Crippen LogP contribution in [0.4, 0.5) is 26.3 Å². The Morgan fingerprint density at radius 2 is 0.684 bits per heavy atom. The second-order valence-electron chi connectivity index (χ2n) is 27.3. The van der Waals surface area contributed by atoms with Crippen molar-refractivity contribution in [2.75, 3.05) is 0 Å². The number of aromatic nitrogens is 1. The number of aryl methyl sites for hydroxylation is 2. The lowest BCUT2D eigenvalue weighted by Gasteiger charge is -2.28. The maximum Gasteiger partial charge on any atom is 0.416 e. The summed E-state index contributed by atoms with van der Waals surface area (Å²) in [7, 11) is 0. The summed E-state index contributed by atoms with van der Waals surface area (Å²) in [5.74, 6) is 1.74. The van der Waals surface area contributed by atoms with E-state index >= 15 is 0 Å². The van der Waals surface area contributed by atoms with Crippen LogP contribution >= 0.6 is 15.9 Å². The lowest BCUT2D eigenvalue weighted by atomic mass is 9.77. The zero-order valence-electron chi connectivity index (χ0n) is 52.1. The molecule has 5 rings (SSSR count). The van der Waals surface area contributed by atoms with Gasteiger partial charge in [0.1, 0.15) is 0 Å². The number of rotatable bonds is 5. The Bertz CT molecular complexity index is 2460. The van der Waals surface area contributed by atoms with Crippen molar-refractivity contribution in [1.82, 2.24) is 4.98 Å². The minimum absolute atomic E-state index is 0.227. The molecule has 0 spiro atoms. The molecule has 0 saturated carbocycles. The lowest BCUT2D eigenvalue weighted by Crippen LogP contribution is -2.18. The Kier molecular flexibility index (Phi) is 25.2. The summed E-state index contributed by atoms with van der Waals surface area (Å²) in [5.41, 5.74) is 14.0. The van der Waals surface area contributed by atoms with Gasteiger partial charge in [-0.25, -0.2) is 0 Å². The summed E-state index contributed by atoms with van der Waals surface area (Å²) in [6.07, 6.45) is -9.27. The zero-order chi connectivity index (χ0) is 59.7. The van der Waals surface area contributed by atoms with Crippen LogP contribution in [0.3, 0.4) is 0 Å². The molecular formula is C68H100BrF6N. The molecule has 426 valence electrons. The van der Waals surface area contributed by atoms with E-state index in [2.05, 4.69) is 254 Å². The van der Waals surface area contributed by atoms with Gasteiger partial charge in [-0.15, -0.1) is 0 Å². The van der Waals surface area contributed by atoms with Crippen molar-refractivity contribution in [3.63, 3.8) is 0 Å². The molecule has 0 bridgehead atoms. The predicted octanol–water partition coefficient (Wildman–Crippen LogP) is 23.3. The van der Waals surface area contributed by atoms with Gasteiger partial charge in [-0.3, -0.25) is 4.98 Å². The third-order valence-corrected chi connectivity index (χ3v) is 14.3. The standard InChI is InChI=1S/2C17H28.C13H20.C11H10F6.C10H14BrN/c1-12(2)13-9-14(16(3,4)5)11-15(10-13)17(6,7)8;1-12(2)14-11-13(16(3,4)5)9-10-15(14)17(6,7)8;1-10(2)11-6-8-12(9-7-11)13(3,4)5;1-6(2)8-5-7(10(12,13)14)3-4-9(8)11(15,16)17;1-6(2)9-5-10(11)8(4)12-7(9)3/h2*9-12H,1-8H3;6-10H,1-5H3;3-6H,1-2H3;5-6H,1-4H3. The van der Waals surface area contributed by atoms with Gasteiger partial charge in [0, 0.05) is 10.2 Å². The van der Waals surface area contributed by atoms with E-state index in [1.54, 1.807) is 0 Å². The summed E-state index contributed by atoms with van der Waals surface area (Å²) in [4.78, 5) is 4.45. The summed E-state index contributed by atoms with van der Waals surface area (Å²) in [5, 5.41) is 0. The number of hydrogen-bond donors (Lipinski definition) is 0. The highest BCUT2D eigenvalue weighted by atomic mass is 79.9. The molecule has 1 heterocycles. The monoisotopic (exact) mass is 1120 g/mol. The molecule has 76 heavy (non-hydrogen) atoms. The third kappa shape index (κ3) is 22.4. The number of alkyl halides is 6. The highest BCUT2D eigenvalue weighted by Gasteiger charge is 2.37. The number of benzene rings is 4. The van der Waals surface area contributed by atoms with E-state index in [1.807, 2.05) is 6.92 Å². The number of nitrogens with zero attached hydrogens (tertiary/aromatic N) is 1. The minimum atomic E-state index is -4.64. The van der Waals surface area contributed by atoms with Crippen LogP contribution in [0.1, 0.15) is 281 Å². The summed E-state index contributed by atoms with van der Waals surface area (Å²) in [6.45, 7) is 59.1. The fraction of sp³-hybridized carbons (Fsp3) is 0.574. The molecule has 0 N–H and O–H groups in total. The molecule has 0 aliphatic rings. The molecule has 1 nitrogen and oxygen atoms in total. The van der Waals surface area contributed by atoms with E-state index in [1.165, 1.54) is 63.9 Å². The molecule has 0 amide bonds. The average molecular weight is 1130 g/mol. The van der Waals surface area contributed by atoms with Gasteiger partial charge in [0.15, 0.2) is 0 Å². The molecule has 0 atom stereocenters. The van der Waals surface area contributed by atoms with E-state index in [9.17, 15) is 26.3 Å². The maximum atomic E-state index is 12.6. The molecular weight excluding hydrogens is 1020 g/mol. The summed E-state index contributed by atoms with van der Waals surface area (Å²) < 4.78 is 75.9. The van der Waals surface area contributed by atoms with Crippen molar-refractivity contribution < 1.29 is 26.3 Å². The molecule has 0 radical (unpaired) electrons. The van der Waals surface area contributed by atoms with E-state index in [0.29, 0.717) is 41.9 Å². The van der Waals surface area contributed by atoms with Gasteiger partial charge in [0.25, 0.3) is 0 Å². The van der Waals surface area contributed by atoms with E-state index in [4.69, 9.17) is 0 Å². The first-order chi connectivity index (χ1) is 34.0. The number of halogens is 7. The van der Waals surface area contributed by atoms with Gasteiger partial charge in [0.2, 0.25) is 0 Å². The second kappa shape index (κ2) is 27.3. The quantitative estimate of drug-likeness (QED) is 0.160. The normalized spacial score (nSPS) is 12.7. The molecule has 1 aromatic heterocycles. The summed E-state index contributed by atoms with van der Waals surface area (Å²) in [6, 6.07) is 26.8. The first-order valence-electron chi connectivity index (χ1n) is 27.3. The Morgan fingerprint density at radius 1 is 0.329 bits per heavy atom. The SMILES string of the molecule is CC(C)c1cc(C(C)(C)C)cc(C(C)(C)C)c1.CC(C)c1cc(C(C)(C)C)ccc1C(C)(C)C.CC(C)c1cc(C(F)(F)F)ccc1C(F)(F)F.CC(C)c1ccc(C(C)(C)C)cc1.Cc1nc(C)c(C(C)C)cc1Br. The first-order valence-corrected chi connectivity index (χ1v) is 28.1. The van der Waals surface area contributed by atoms with Crippen molar-refractivity contribution in [2.45, 2.75) is 256 Å². The van der Waals surface area contributed by atoms with Crippen LogP contribution in [0.15, 0.2) is 89.4 Å². The Balaban J connectivity index is 0.000000478. The van der Waals surface area contributed by atoms with Crippen molar-refractivity contribution in [3.8, 4) is 0 Å².